The number of hydrogen-bond acceptors (Lipinski definition) is 3. The second kappa shape index (κ2) is 8.74. The van der Waals surface area contributed by atoms with Gasteiger partial charge in [0.2, 0.25) is 0 Å². The third kappa shape index (κ3) is 4.09. The number of aromatic nitrogens is 2. The van der Waals surface area contributed by atoms with Crippen LogP contribution in [0.3, 0.4) is 0 Å². The van der Waals surface area contributed by atoms with Crippen LogP contribution < -0.4 is 0 Å². The Morgan fingerprint density at radius 1 is 0.806 bits per heavy atom. The number of fused-ring (bicyclic) bond motifs is 1. The molecule has 0 atom stereocenters. The molecule has 1 aromatic heterocycles. The zero-order valence-corrected chi connectivity index (χ0v) is 17.5. The van der Waals surface area contributed by atoms with Gasteiger partial charge in [0.25, 0.3) is 5.91 Å². The maximum atomic E-state index is 13.2. The lowest BCUT2D eigenvalue weighted by Crippen LogP contribution is -2.49. The van der Waals surface area contributed by atoms with E-state index in [1.807, 2.05) is 65.8 Å². The van der Waals surface area contributed by atoms with Crippen molar-refractivity contribution in [3.05, 3.63) is 90.8 Å². The Labute approximate surface area is 182 Å². The normalized spacial score (nSPS) is 14.8. The van der Waals surface area contributed by atoms with Gasteiger partial charge in [-0.1, -0.05) is 66.7 Å². The molecule has 0 N–H and O–H groups in total. The number of benzene rings is 3. The van der Waals surface area contributed by atoms with Crippen molar-refractivity contribution >= 4 is 16.7 Å². The highest BCUT2D eigenvalue weighted by Gasteiger charge is 2.23. The van der Waals surface area contributed by atoms with E-state index in [2.05, 4.69) is 38.7 Å². The Bertz CT molecular complexity index is 1170. The largest absolute Gasteiger partial charge is 0.336 e. The van der Waals surface area contributed by atoms with Crippen molar-refractivity contribution < 1.29 is 4.79 Å². The summed E-state index contributed by atoms with van der Waals surface area (Å²) in [7, 11) is 0. The van der Waals surface area contributed by atoms with Gasteiger partial charge < -0.3 is 9.47 Å². The molecule has 0 unspecified atom stereocenters. The first-order chi connectivity index (χ1) is 15.3. The van der Waals surface area contributed by atoms with E-state index in [1.165, 1.54) is 0 Å². The first-order valence-corrected chi connectivity index (χ1v) is 10.9. The minimum atomic E-state index is 0.137. The lowest BCUT2D eigenvalue weighted by atomic mass is 10.0. The molecule has 0 bridgehead atoms. The minimum absolute atomic E-state index is 0.137. The SMILES string of the molecule is O=C(c1cccc2ccccc12)N1CCN(CCn2ccnc2-c2ccccc2)CC1. The van der Waals surface area contributed by atoms with Gasteiger partial charge in [0, 0.05) is 62.8 Å². The fourth-order valence-electron chi connectivity index (χ4n) is 4.34. The molecular formula is C26H26N4O. The molecule has 3 aromatic carbocycles. The van der Waals surface area contributed by atoms with Crippen molar-refractivity contribution in [2.45, 2.75) is 6.54 Å². The van der Waals surface area contributed by atoms with Crippen LogP contribution in [0.2, 0.25) is 0 Å². The van der Waals surface area contributed by atoms with Gasteiger partial charge in [0.1, 0.15) is 5.82 Å². The molecule has 0 aliphatic carbocycles. The number of hydrogen-bond donors (Lipinski definition) is 0. The minimum Gasteiger partial charge on any atom is -0.336 e. The Kier molecular flexibility index (Phi) is 5.50. The van der Waals surface area contributed by atoms with Crippen molar-refractivity contribution in [1.82, 2.24) is 19.4 Å². The molecular weight excluding hydrogens is 384 g/mol. The molecule has 1 saturated heterocycles. The molecule has 1 fully saturated rings. The monoisotopic (exact) mass is 410 g/mol. The molecule has 156 valence electrons. The predicted octanol–water partition coefficient (Wildman–Crippen LogP) is 4.16. The summed E-state index contributed by atoms with van der Waals surface area (Å²) in [6.07, 6.45) is 3.91. The quantitative estimate of drug-likeness (QED) is 0.496. The van der Waals surface area contributed by atoms with Crippen molar-refractivity contribution in [3.8, 4) is 11.4 Å². The summed E-state index contributed by atoms with van der Waals surface area (Å²) >= 11 is 0. The fraction of sp³-hybridized carbons (Fsp3) is 0.231. The zero-order valence-electron chi connectivity index (χ0n) is 17.5. The number of carbonyl (C=O) groups is 1. The second-order valence-electron chi connectivity index (χ2n) is 7.97. The van der Waals surface area contributed by atoms with Crippen molar-refractivity contribution in [2.24, 2.45) is 0 Å². The summed E-state index contributed by atoms with van der Waals surface area (Å²) in [5, 5.41) is 2.15. The summed E-state index contributed by atoms with van der Waals surface area (Å²) < 4.78 is 2.21. The van der Waals surface area contributed by atoms with Crippen LogP contribution in [-0.2, 0) is 6.54 Å². The van der Waals surface area contributed by atoms with Gasteiger partial charge in [-0.05, 0) is 16.8 Å². The standard InChI is InChI=1S/C26H26N4O/c31-26(24-12-6-10-21-7-4-5-11-23(21)24)30-19-16-28(17-20-30)15-18-29-14-13-27-25(29)22-8-2-1-3-9-22/h1-14H,15-20H2. The molecule has 31 heavy (non-hydrogen) atoms. The molecule has 0 saturated carbocycles. The van der Waals surface area contributed by atoms with E-state index in [4.69, 9.17) is 0 Å². The van der Waals surface area contributed by atoms with Crippen LogP contribution in [-0.4, -0.2) is 58.0 Å². The van der Waals surface area contributed by atoms with Gasteiger partial charge in [-0.15, -0.1) is 0 Å². The molecule has 1 aliphatic heterocycles. The molecule has 1 amide bonds. The van der Waals surface area contributed by atoms with Crippen LogP contribution in [0, 0.1) is 0 Å². The van der Waals surface area contributed by atoms with E-state index in [1.54, 1.807) is 0 Å². The molecule has 0 spiro atoms. The first-order valence-electron chi connectivity index (χ1n) is 10.9. The van der Waals surface area contributed by atoms with E-state index < -0.39 is 0 Å². The van der Waals surface area contributed by atoms with Gasteiger partial charge in [0.15, 0.2) is 0 Å². The zero-order chi connectivity index (χ0) is 21.0. The molecule has 0 radical (unpaired) electrons. The summed E-state index contributed by atoms with van der Waals surface area (Å²) in [6.45, 7) is 5.15. The summed E-state index contributed by atoms with van der Waals surface area (Å²) in [6, 6.07) is 24.4. The van der Waals surface area contributed by atoms with E-state index in [0.29, 0.717) is 0 Å². The molecule has 5 heteroatoms. The third-order valence-corrected chi connectivity index (χ3v) is 6.08. The molecule has 1 aliphatic rings. The Balaban J connectivity index is 1.20. The highest BCUT2D eigenvalue weighted by atomic mass is 16.2. The average Bonchev–Trinajstić information content (AvgIpc) is 3.31. The topological polar surface area (TPSA) is 41.4 Å². The summed E-state index contributed by atoms with van der Waals surface area (Å²) in [5.74, 6) is 1.14. The highest BCUT2D eigenvalue weighted by Crippen LogP contribution is 2.21. The predicted molar refractivity (Wildman–Crippen MR) is 124 cm³/mol. The van der Waals surface area contributed by atoms with Gasteiger partial charge in [0.05, 0.1) is 0 Å². The van der Waals surface area contributed by atoms with Crippen LogP contribution in [0.15, 0.2) is 85.2 Å². The van der Waals surface area contributed by atoms with Gasteiger partial charge in [-0.3, -0.25) is 9.69 Å². The number of carbonyl (C=O) groups excluding carboxylic acids is 1. The van der Waals surface area contributed by atoms with Crippen LogP contribution in [0.4, 0.5) is 0 Å². The highest BCUT2D eigenvalue weighted by molar-refractivity contribution is 6.07. The lowest BCUT2D eigenvalue weighted by molar-refractivity contribution is 0.0635. The van der Waals surface area contributed by atoms with Gasteiger partial charge >= 0.3 is 0 Å². The van der Waals surface area contributed by atoms with E-state index in [0.717, 1.165) is 67.0 Å². The van der Waals surface area contributed by atoms with E-state index in [9.17, 15) is 4.79 Å². The van der Waals surface area contributed by atoms with E-state index in [-0.39, 0.29) is 5.91 Å². The summed E-state index contributed by atoms with van der Waals surface area (Å²) in [4.78, 5) is 22.1. The number of rotatable bonds is 5. The van der Waals surface area contributed by atoms with Crippen molar-refractivity contribution in [1.29, 1.82) is 0 Å². The number of piperazine rings is 1. The Morgan fingerprint density at radius 2 is 1.55 bits per heavy atom. The second-order valence-corrected chi connectivity index (χ2v) is 7.97. The Morgan fingerprint density at radius 3 is 2.39 bits per heavy atom. The number of nitrogens with zero attached hydrogens (tertiary/aromatic N) is 4. The lowest BCUT2D eigenvalue weighted by Gasteiger charge is -2.35. The van der Waals surface area contributed by atoms with Crippen molar-refractivity contribution in [2.75, 3.05) is 32.7 Å². The summed E-state index contributed by atoms with van der Waals surface area (Å²) in [5.41, 5.74) is 1.94. The number of amides is 1. The van der Waals surface area contributed by atoms with E-state index >= 15 is 0 Å². The van der Waals surface area contributed by atoms with Gasteiger partial charge in [-0.2, -0.15) is 0 Å². The van der Waals surface area contributed by atoms with Crippen molar-refractivity contribution in [3.63, 3.8) is 0 Å². The first kappa shape index (κ1) is 19.5. The molecule has 5 nitrogen and oxygen atoms in total. The molecule has 5 rings (SSSR count). The van der Waals surface area contributed by atoms with Crippen LogP contribution in [0.25, 0.3) is 22.2 Å². The maximum Gasteiger partial charge on any atom is 0.254 e. The smallest absolute Gasteiger partial charge is 0.254 e. The van der Waals surface area contributed by atoms with Crippen LogP contribution in [0.1, 0.15) is 10.4 Å². The molecule has 2 heterocycles. The van der Waals surface area contributed by atoms with Crippen LogP contribution in [0.5, 0.6) is 0 Å². The maximum absolute atomic E-state index is 13.2. The molecule has 4 aromatic rings. The Hall–Kier alpha value is -3.44. The number of imidazole rings is 1. The van der Waals surface area contributed by atoms with Gasteiger partial charge in [-0.25, -0.2) is 4.98 Å². The third-order valence-electron chi connectivity index (χ3n) is 6.08. The average molecular weight is 411 g/mol. The van der Waals surface area contributed by atoms with Crippen LogP contribution >= 0.6 is 0 Å². The fourth-order valence-corrected chi connectivity index (χ4v) is 4.34.